The summed E-state index contributed by atoms with van der Waals surface area (Å²) in [6, 6.07) is 0. The van der Waals surface area contributed by atoms with Crippen molar-refractivity contribution in [3.05, 3.63) is 24.3 Å². The molecule has 1 rings (SSSR count). The van der Waals surface area contributed by atoms with E-state index in [9.17, 15) is 4.79 Å². The summed E-state index contributed by atoms with van der Waals surface area (Å²) in [6.07, 6.45) is 22.7. The predicted molar refractivity (Wildman–Crippen MR) is 147 cm³/mol. The van der Waals surface area contributed by atoms with Crippen LogP contribution in [0.4, 0.5) is 0 Å². The Kier molecular flexibility index (Phi) is 15.3. The maximum absolute atomic E-state index is 10.9. The number of esters is 1. The fourth-order valence-corrected chi connectivity index (χ4v) is 5.82. The molecule has 0 radical (unpaired) electrons. The highest BCUT2D eigenvalue weighted by atomic mass is 28.4. The van der Waals surface area contributed by atoms with Crippen LogP contribution in [0.2, 0.25) is 18.1 Å². The van der Waals surface area contributed by atoms with Gasteiger partial charge in [0.15, 0.2) is 8.32 Å². The van der Waals surface area contributed by atoms with Crippen molar-refractivity contribution >= 4 is 14.3 Å². The van der Waals surface area contributed by atoms with Crippen molar-refractivity contribution in [3.8, 4) is 0 Å². The smallest absolute Gasteiger partial charge is 0.302 e. The summed E-state index contributed by atoms with van der Waals surface area (Å²) in [5.74, 6) is 1.01. The van der Waals surface area contributed by atoms with Gasteiger partial charge in [0.25, 0.3) is 0 Å². The Morgan fingerprint density at radius 3 is 2.24 bits per heavy atom. The molecule has 1 unspecified atom stereocenters. The van der Waals surface area contributed by atoms with E-state index in [1.165, 1.54) is 51.9 Å². The molecule has 0 aromatic heterocycles. The van der Waals surface area contributed by atoms with Gasteiger partial charge in [0, 0.05) is 26.7 Å². The molecule has 34 heavy (non-hydrogen) atoms. The average molecular weight is 495 g/mol. The van der Waals surface area contributed by atoms with Crippen LogP contribution in [0.25, 0.3) is 0 Å². The van der Waals surface area contributed by atoms with E-state index in [-0.39, 0.29) is 11.0 Å². The highest BCUT2D eigenvalue weighted by Crippen LogP contribution is 2.44. The first-order chi connectivity index (χ1) is 16.1. The predicted octanol–water partition coefficient (Wildman–Crippen LogP) is 8.24. The van der Waals surface area contributed by atoms with Crippen LogP contribution in [0.1, 0.15) is 98.3 Å². The fourth-order valence-electron chi connectivity index (χ4n) is 4.41. The number of hydrogen-bond donors (Lipinski definition) is 0. The summed E-state index contributed by atoms with van der Waals surface area (Å²) in [5.41, 5.74) is 0. The van der Waals surface area contributed by atoms with Crippen LogP contribution in [-0.4, -0.2) is 40.7 Å². The van der Waals surface area contributed by atoms with Gasteiger partial charge in [-0.3, -0.25) is 4.79 Å². The summed E-state index contributed by atoms with van der Waals surface area (Å²) in [5, 5.41) is 0.242. The quantitative estimate of drug-likeness (QED) is 0.0884. The zero-order chi connectivity index (χ0) is 25.5. The van der Waals surface area contributed by atoms with Crippen LogP contribution in [-0.2, 0) is 18.7 Å². The van der Waals surface area contributed by atoms with Gasteiger partial charge in [-0.15, -0.1) is 0 Å². The van der Waals surface area contributed by atoms with Crippen molar-refractivity contribution in [1.29, 1.82) is 0 Å². The standard InChI is InChI=1S/C29H54O4Si/c1-25(30)32-24-18-14-10-12-16-20-27-26(19-15-11-8-9-13-17-23-31-5)21-22-28(27)33-34(6,7)29(2,3)4/h12,15-16,19,26-28H,8-11,13-14,17-18,20-24H2,1-7H3/b16-12-,19-15+/t26-,27?,28-/m1/s1. The molecule has 1 aliphatic carbocycles. The van der Waals surface area contributed by atoms with Crippen molar-refractivity contribution in [2.75, 3.05) is 20.3 Å². The largest absolute Gasteiger partial charge is 0.466 e. The minimum Gasteiger partial charge on any atom is -0.466 e. The van der Waals surface area contributed by atoms with Crippen molar-refractivity contribution < 1.29 is 18.7 Å². The third-order valence-corrected chi connectivity index (χ3v) is 12.1. The molecule has 0 aromatic rings. The maximum Gasteiger partial charge on any atom is 0.302 e. The molecular weight excluding hydrogens is 440 g/mol. The lowest BCUT2D eigenvalue weighted by molar-refractivity contribution is -0.141. The van der Waals surface area contributed by atoms with Gasteiger partial charge < -0.3 is 13.9 Å². The number of methoxy groups -OCH3 is 1. The van der Waals surface area contributed by atoms with Crippen LogP contribution in [0.3, 0.4) is 0 Å². The Bertz CT molecular complexity index is 606. The summed E-state index contributed by atoms with van der Waals surface area (Å²) >= 11 is 0. The van der Waals surface area contributed by atoms with Crippen LogP contribution in [0.5, 0.6) is 0 Å². The first-order valence-electron chi connectivity index (χ1n) is 13.7. The molecule has 0 amide bonds. The zero-order valence-electron chi connectivity index (χ0n) is 23.4. The maximum atomic E-state index is 10.9. The summed E-state index contributed by atoms with van der Waals surface area (Å²) < 4.78 is 17.1. The molecular formula is C29H54O4Si. The second kappa shape index (κ2) is 16.7. The third kappa shape index (κ3) is 12.7. The number of ether oxygens (including phenoxy) is 2. The van der Waals surface area contributed by atoms with Crippen LogP contribution in [0, 0.1) is 11.8 Å². The van der Waals surface area contributed by atoms with Crippen molar-refractivity contribution in [2.24, 2.45) is 11.8 Å². The van der Waals surface area contributed by atoms with Crippen LogP contribution in [0.15, 0.2) is 24.3 Å². The molecule has 0 aliphatic heterocycles. The monoisotopic (exact) mass is 494 g/mol. The van der Waals surface area contributed by atoms with Gasteiger partial charge in [-0.1, -0.05) is 57.9 Å². The third-order valence-electron chi connectivity index (χ3n) is 7.56. The Balaban J connectivity index is 2.59. The van der Waals surface area contributed by atoms with Gasteiger partial charge in [-0.05, 0) is 87.8 Å². The Morgan fingerprint density at radius 2 is 1.56 bits per heavy atom. The van der Waals surface area contributed by atoms with Gasteiger partial charge in [0.1, 0.15) is 0 Å². The van der Waals surface area contributed by atoms with Crippen molar-refractivity contribution in [3.63, 3.8) is 0 Å². The number of allylic oxidation sites excluding steroid dienone is 4. The summed E-state index contributed by atoms with van der Waals surface area (Å²) in [4.78, 5) is 10.9. The summed E-state index contributed by atoms with van der Waals surface area (Å²) in [7, 11) is 0.00163. The highest BCUT2D eigenvalue weighted by Gasteiger charge is 2.43. The van der Waals surface area contributed by atoms with Crippen LogP contribution >= 0.6 is 0 Å². The lowest BCUT2D eigenvalue weighted by Gasteiger charge is -2.40. The molecule has 5 heteroatoms. The molecule has 0 N–H and O–H groups in total. The van der Waals surface area contributed by atoms with Gasteiger partial charge >= 0.3 is 5.97 Å². The summed E-state index contributed by atoms with van der Waals surface area (Å²) in [6.45, 7) is 14.7. The van der Waals surface area contributed by atoms with E-state index >= 15 is 0 Å². The van der Waals surface area contributed by atoms with Crippen molar-refractivity contribution in [2.45, 2.75) is 123 Å². The minimum absolute atomic E-state index is 0.185. The number of unbranched alkanes of at least 4 members (excludes halogenated alkanes) is 6. The van der Waals surface area contributed by atoms with Crippen molar-refractivity contribution in [1.82, 2.24) is 0 Å². The second-order valence-corrected chi connectivity index (χ2v) is 16.2. The lowest BCUT2D eigenvalue weighted by Crippen LogP contribution is -2.45. The molecule has 0 bridgehead atoms. The number of rotatable bonds is 17. The van der Waals surface area contributed by atoms with E-state index in [0.717, 1.165) is 32.3 Å². The van der Waals surface area contributed by atoms with Gasteiger partial charge in [0.2, 0.25) is 0 Å². The Labute approximate surface area is 212 Å². The fraction of sp³-hybridized carbons (Fsp3) is 0.828. The number of hydrogen-bond acceptors (Lipinski definition) is 4. The van der Waals surface area contributed by atoms with Gasteiger partial charge in [-0.2, -0.15) is 0 Å². The molecule has 0 spiro atoms. The van der Waals surface area contributed by atoms with E-state index in [4.69, 9.17) is 13.9 Å². The molecule has 198 valence electrons. The normalized spacial score (nSPS) is 21.7. The lowest BCUT2D eigenvalue weighted by atomic mass is 9.90. The first kappa shape index (κ1) is 31.1. The topological polar surface area (TPSA) is 44.8 Å². The van der Waals surface area contributed by atoms with E-state index < -0.39 is 8.32 Å². The van der Waals surface area contributed by atoms with E-state index in [1.54, 1.807) is 7.11 Å². The molecule has 1 saturated carbocycles. The van der Waals surface area contributed by atoms with Gasteiger partial charge in [0.05, 0.1) is 6.61 Å². The number of carbonyl (C=O) groups is 1. The number of carbonyl (C=O) groups excluding carboxylic acids is 1. The zero-order valence-corrected chi connectivity index (χ0v) is 24.4. The Hall–Kier alpha value is -0.913. The molecule has 3 atom stereocenters. The van der Waals surface area contributed by atoms with Crippen LogP contribution < -0.4 is 0 Å². The van der Waals surface area contributed by atoms with E-state index in [2.05, 4.69) is 58.2 Å². The molecule has 0 saturated heterocycles. The molecule has 1 fully saturated rings. The highest BCUT2D eigenvalue weighted by molar-refractivity contribution is 6.74. The Morgan fingerprint density at radius 1 is 0.912 bits per heavy atom. The molecule has 0 aromatic carbocycles. The average Bonchev–Trinajstić information content (AvgIpc) is 3.11. The second-order valence-electron chi connectivity index (χ2n) is 11.5. The van der Waals surface area contributed by atoms with E-state index in [1.807, 2.05) is 0 Å². The first-order valence-corrected chi connectivity index (χ1v) is 16.6. The van der Waals surface area contributed by atoms with Gasteiger partial charge in [-0.25, -0.2) is 0 Å². The molecule has 4 nitrogen and oxygen atoms in total. The van der Waals surface area contributed by atoms with E-state index in [0.29, 0.717) is 24.5 Å². The molecule has 1 aliphatic rings. The minimum atomic E-state index is -1.78. The SMILES string of the molecule is COCCCCCC/C=C/[C@@H]1CC[C@@H](O[Si](C)(C)C(C)(C)C)C1C/C=C\CCCCOC(C)=O. The molecule has 0 heterocycles.